The van der Waals surface area contributed by atoms with Gasteiger partial charge in [-0.3, -0.25) is 10.1 Å². The summed E-state index contributed by atoms with van der Waals surface area (Å²) in [7, 11) is -2.20. The molecule has 0 aliphatic rings. The highest BCUT2D eigenvalue weighted by Gasteiger charge is 2.20. The monoisotopic (exact) mass is 370 g/mol. The van der Waals surface area contributed by atoms with E-state index in [1.807, 2.05) is 19.1 Å². The maximum Gasteiger partial charge on any atom is 0.269 e. The van der Waals surface area contributed by atoms with Gasteiger partial charge in [0.2, 0.25) is 9.47 Å². The number of methoxy groups -OCH3 is 1. The molecule has 2 N–H and O–H groups in total. The summed E-state index contributed by atoms with van der Waals surface area (Å²) in [5.41, 5.74) is 1.31. The number of carbonyl (C=O) groups excluding carboxylic acids is 1. The van der Waals surface area contributed by atoms with Gasteiger partial charge in [0.1, 0.15) is 0 Å². The van der Waals surface area contributed by atoms with Crippen LogP contribution in [0.3, 0.4) is 0 Å². The molecular formula is C14H18N4O4S2. The molecule has 0 spiro atoms. The first kappa shape index (κ1) is 18.5. The van der Waals surface area contributed by atoms with Crippen molar-refractivity contribution in [3.63, 3.8) is 0 Å². The number of amides is 1. The summed E-state index contributed by atoms with van der Waals surface area (Å²) in [6, 6.07) is 7.08. The van der Waals surface area contributed by atoms with Crippen LogP contribution < -0.4 is 10.0 Å². The van der Waals surface area contributed by atoms with E-state index in [1.165, 1.54) is 0 Å². The molecule has 2 rings (SSSR count). The van der Waals surface area contributed by atoms with E-state index < -0.39 is 10.0 Å². The lowest BCUT2D eigenvalue weighted by atomic mass is 10.1. The number of ether oxygens (including phenoxy) is 1. The Bertz CT molecular complexity index is 805. The Morgan fingerprint density at radius 2 is 2.04 bits per heavy atom. The van der Waals surface area contributed by atoms with E-state index in [1.54, 1.807) is 19.2 Å². The lowest BCUT2D eigenvalue weighted by Crippen LogP contribution is -2.25. The standard InChI is InChI=1S/C14H18N4O4S2/c1-10-6-3-4-7-11(10)12(19)16-13-17-18-14(23-13)24(20,21)15-8-5-9-22-2/h3-4,6-7,15H,5,8-9H2,1-2H3,(H,16,17,19). The molecule has 0 saturated heterocycles. The quantitative estimate of drug-likeness (QED) is 0.537. The SMILES string of the molecule is COCCCNS(=O)(=O)c1nnc(NC(=O)c2ccccc2C)s1. The van der Waals surface area contributed by atoms with Crippen molar-refractivity contribution in [3.8, 4) is 0 Å². The van der Waals surface area contributed by atoms with Gasteiger partial charge in [-0.2, -0.15) is 0 Å². The normalized spacial score (nSPS) is 11.4. The fourth-order valence-electron chi connectivity index (χ4n) is 1.85. The zero-order valence-corrected chi connectivity index (χ0v) is 14.9. The third-order valence-corrected chi connectivity index (χ3v) is 5.73. The molecule has 0 bridgehead atoms. The van der Waals surface area contributed by atoms with Crippen molar-refractivity contribution < 1.29 is 17.9 Å². The van der Waals surface area contributed by atoms with Gasteiger partial charge in [-0.25, -0.2) is 13.1 Å². The molecule has 24 heavy (non-hydrogen) atoms. The predicted molar refractivity (Wildman–Crippen MR) is 90.7 cm³/mol. The minimum Gasteiger partial charge on any atom is -0.385 e. The molecule has 0 saturated carbocycles. The Hall–Kier alpha value is -1.88. The summed E-state index contributed by atoms with van der Waals surface area (Å²) in [6.07, 6.45) is 0.547. The second-order valence-corrected chi connectivity index (χ2v) is 7.80. The fraction of sp³-hybridized carbons (Fsp3) is 0.357. The van der Waals surface area contributed by atoms with E-state index in [4.69, 9.17) is 4.74 Å². The van der Waals surface area contributed by atoms with Crippen LogP contribution in [-0.4, -0.2) is 44.8 Å². The summed E-state index contributed by atoms with van der Waals surface area (Å²) in [6.45, 7) is 2.51. The number of hydrogen-bond acceptors (Lipinski definition) is 7. The fourth-order valence-corrected chi connectivity index (χ4v) is 3.86. The average Bonchev–Trinajstić information content (AvgIpc) is 3.01. The molecule has 1 aromatic carbocycles. The maximum absolute atomic E-state index is 12.2. The highest BCUT2D eigenvalue weighted by molar-refractivity contribution is 7.91. The molecule has 0 aliphatic carbocycles. The minimum absolute atomic E-state index is 0.125. The van der Waals surface area contributed by atoms with Gasteiger partial charge in [0.15, 0.2) is 0 Å². The predicted octanol–water partition coefficient (Wildman–Crippen LogP) is 1.41. The summed E-state index contributed by atoms with van der Waals surface area (Å²) in [4.78, 5) is 12.2. The van der Waals surface area contributed by atoms with E-state index >= 15 is 0 Å². The highest BCUT2D eigenvalue weighted by atomic mass is 32.2. The van der Waals surface area contributed by atoms with Crippen LogP contribution >= 0.6 is 11.3 Å². The Morgan fingerprint density at radius 1 is 1.29 bits per heavy atom. The maximum atomic E-state index is 12.2. The second-order valence-electron chi connectivity index (χ2n) is 4.89. The smallest absolute Gasteiger partial charge is 0.269 e. The number of rotatable bonds is 8. The second kappa shape index (κ2) is 8.29. The van der Waals surface area contributed by atoms with Crippen molar-refractivity contribution in [1.82, 2.24) is 14.9 Å². The molecule has 0 radical (unpaired) electrons. The van der Waals surface area contributed by atoms with Gasteiger partial charge < -0.3 is 4.74 Å². The van der Waals surface area contributed by atoms with E-state index in [-0.39, 0.29) is 21.9 Å². The van der Waals surface area contributed by atoms with E-state index in [0.717, 1.165) is 16.9 Å². The van der Waals surface area contributed by atoms with E-state index in [9.17, 15) is 13.2 Å². The van der Waals surface area contributed by atoms with Gasteiger partial charge in [-0.15, -0.1) is 10.2 Å². The molecule has 8 nitrogen and oxygen atoms in total. The van der Waals surface area contributed by atoms with Crippen molar-refractivity contribution in [2.24, 2.45) is 0 Å². The molecule has 1 aromatic heterocycles. The van der Waals surface area contributed by atoms with Crippen LogP contribution in [0, 0.1) is 6.92 Å². The first-order valence-corrected chi connectivity index (χ1v) is 9.43. The molecule has 0 unspecified atom stereocenters. The van der Waals surface area contributed by atoms with Gasteiger partial charge in [0.05, 0.1) is 0 Å². The van der Waals surface area contributed by atoms with Crippen molar-refractivity contribution in [2.75, 3.05) is 25.6 Å². The molecule has 130 valence electrons. The molecular weight excluding hydrogens is 352 g/mol. The lowest BCUT2D eigenvalue weighted by molar-refractivity contribution is 0.102. The largest absolute Gasteiger partial charge is 0.385 e. The van der Waals surface area contributed by atoms with Crippen molar-refractivity contribution in [1.29, 1.82) is 0 Å². The Labute approximate surface area is 144 Å². The third kappa shape index (κ3) is 4.81. The van der Waals surface area contributed by atoms with Crippen LogP contribution in [-0.2, 0) is 14.8 Å². The van der Waals surface area contributed by atoms with Crippen LogP contribution in [0.25, 0.3) is 0 Å². The molecule has 1 amide bonds. The highest BCUT2D eigenvalue weighted by Crippen LogP contribution is 2.20. The number of anilines is 1. The Kier molecular flexibility index (Phi) is 6.37. The van der Waals surface area contributed by atoms with E-state index in [0.29, 0.717) is 18.6 Å². The van der Waals surface area contributed by atoms with Gasteiger partial charge in [-0.05, 0) is 25.0 Å². The molecule has 1 heterocycles. The zero-order valence-electron chi connectivity index (χ0n) is 13.3. The third-order valence-electron chi connectivity index (χ3n) is 3.06. The molecule has 2 aromatic rings. The molecule has 0 aliphatic heterocycles. The van der Waals surface area contributed by atoms with E-state index in [2.05, 4.69) is 20.2 Å². The number of carbonyl (C=O) groups is 1. The first-order valence-electron chi connectivity index (χ1n) is 7.13. The number of benzene rings is 1. The van der Waals surface area contributed by atoms with Crippen LogP contribution in [0.4, 0.5) is 5.13 Å². The van der Waals surface area contributed by atoms with Crippen LogP contribution in [0.5, 0.6) is 0 Å². The number of aromatic nitrogens is 2. The summed E-state index contributed by atoms with van der Waals surface area (Å²) in [5, 5.41) is 10.0. The van der Waals surface area contributed by atoms with Crippen molar-refractivity contribution >= 4 is 32.4 Å². The van der Waals surface area contributed by atoms with Crippen LogP contribution in [0.1, 0.15) is 22.3 Å². The number of nitrogens with one attached hydrogen (secondary N) is 2. The minimum atomic E-state index is -3.74. The van der Waals surface area contributed by atoms with Crippen molar-refractivity contribution in [2.45, 2.75) is 17.7 Å². The number of aryl methyl sites for hydroxylation is 1. The van der Waals surface area contributed by atoms with Gasteiger partial charge in [0, 0.05) is 25.8 Å². The summed E-state index contributed by atoms with van der Waals surface area (Å²) < 4.78 is 31.2. The van der Waals surface area contributed by atoms with Crippen LogP contribution in [0.15, 0.2) is 28.6 Å². The Balaban J connectivity index is 2.02. The average molecular weight is 370 g/mol. The topological polar surface area (TPSA) is 110 Å². The number of hydrogen-bond donors (Lipinski definition) is 2. The number of nitrogens with zero attached hydrogens (tertiary/aromatic N) is 2. The van der Waals surface area contributed by atoms with Crippen molar-refractivity contribution in [3.05, 3.63) is 35.4 Å². The molecule has 10 heteroatoms. The first-order chi connectivity index (χ1) is 11.4. The van der Waals surface area contributed by atoms with Crippen LogP contribution in [0.2, 0.25) is 0 Å². The molecule has 0 atom stereocenters. The summed E-state index contributed by atoms with van der Waals surface area (Å²) in [5.74, 6) is -0.360. The zero-order chi connectivity index (χ0) is 17.6. The van der Waals surface area contributed by atoms with Gasteiger partial charge in [0.25, 0.3) is 15.9 Å². The number of sulfonamides is 1. The Morgan fingerprint density at radius 3 is 2.75 bits per heavy atom. The van der Waals surface area contributed by atoms with Gasteiger partial charge in [-0.1, -0.05) is 29.5 Å². The van der Waals surface area contributed by atoms with Gasteiger partial charge >= 0.3 is 0 Å². The summed E-state index contributed by atoms with van der Waals surface area (Å²) >= 11 is 0.797. The molecule has 0 fully saturated rings. The lowest BCUT2D eigenvalue weighted by Gasteiger charge is -2.04.